The van der Waals surface area contributed by atoms with Crippen molar-refractivity contribution in [2.45, 2.75) is 19.3 Å². The summed E-state index contributed by atoms with van der Waals surface area (Å²) < 4.78 is 0. The Morgan fingerprint density at radius 1 is 1.71 bits per heavy atom. The molecule has 74 valence electrons. The summed E-state index contributed by atoms with van der Waals surface area (Å²) >= 11 is 0. The first-order valence-corrected chi connectivity index (χ1v) is 4.06. The number of nitrogens with zero attached hydrogens (tertiary/aromatic N) is 3. The van der Waals surface area contributed by atoms with Crippen molar-refractivity contribution in [3.8, 4) is 6.07 Å². The predicted molar refractivity (Wildman–Crippen MR) is 53.4 cm³/mol. The van der Waals surface area contributed by atoms with Crippen LogP contribution in [-0.4, -0.2) is 18.2 Å². The van der Waals surface area contributed by atoms with Crippen LogP contribution in [0.15, 0.2) is 4.99 Å². The van der Waals surface area contributed by atoms with Gasteiger partial charge < -0.3 is 11.1 Å². The zero-order valence-corrected chi connectivity index (χ0v) is 7.75. The minimum absolute atomic E-state index is 0.0896. The van der Waals surface area contributed by atoms with Gasteiger partial charge in [0.25, 0.3) is 5.96 Å². The highest BCUT2D eigenvalue weighted by molar-refractivity contribution is 5.83. The lowest BCUT2D eigenvalue weighted by atomic mass is 10.2. The van der Waals surface area contributed by atoms with Crippen molar-refractivity contribution in [3.05, 3.63) is 11.5 Å². The highest BCUT2D eigenvalue weighted by atomic mass is 15.3. The van der Waals surface area contributed by atoms with E-state index >= 15 is 0 Å². The van der Waals surface area contributed by atoms with Gasteiger partial charge in [-0.3, -0.25) is 0 Å². The summed E-state index contributed by atoms with van der Waals surface area (Å²) in [5.41, 5.74) is 7.85. The second kappa shape index (κ2) is 7.56. The van der Waals surface area contributed by atoms with Crippen molar-refractivity contribution in [1.82, 2.24) is 5.43 Å². The zero-order chi connectivity index (χ0) is 10.8. The normalized spacial score (nSPS) is 10.0. The molecule has 14 heavy (non-hydrogen) atoms. The molecule has 0 radical (unpaired) electrons. The lowest BCUT2D eigenvalue weighted by Gasteiger charge is -1.96. The number of nitrogens with two attached hydrogens (primary N) is 1. The fraction of sp³-hybridized carbons (Fsp3) is 0.500. The Balaban J connectivity index is 3.57. The number of hydrogen-bond acceptors (Lipinski definition) is 3. The standard InChI is InChI=1S/C8H12N6/c1-12-14-8(11)13-6-2-3-7(10)4-5-9/h10H,2-4,6H2,(H3,11,13,14). The van der Waals surface area contributed by atoms with Crippen molar-refractivity contribution in [3.63, 3.8) is 0 Å². The van der Waals surface area contributed by atoms with Crippen LogP contribution in [0.3, 0.4) is 0 Å². The fourth-order valence-corrected chi connectivity index (χ4v) is 0.768. The van der Waals surface area contributed by atoms with Crippen LogP contribution in [0.4, 0.5) is 0 Å². The monoisotopic (exact) mass is 192 g/mol. The van der Waals surface area contributed by atoms with Crippen molar-refractivity contribution in [2.75, 3.05) is 6.54 Å². The highest BCUT2D eigenvalue weighted by Gasteiger charge is 1.96. The zero-order valence-electron chi connectivity index (χ0n) is 7.75. The van der Waals surface area contributed by atoms with E-state index in [0.29, 0.717) is 25.1 Å². The van der Waals surface area contributed by atoms with Gasteiger partial charge in [0, 0.05) is 12.3 Å². The molecule has 0 saturated heterocycles. The van der Waals surface area contributed by atoms with Crippen LogP contribution >= 0.6 is 0 Å². The van der Waals surface area contributed by atoms with Gasteiger partial charge in [-0.2, -0.15) is 16.8 Å². The van der Waals surface area contributed by atoms with E-state index in [2.05, 4.69) is 15.4 Å². The van der Waals surface area contributed by atoms with Gasteiger partial charge in [0.15, 0.2) is 0 Å². The molecular weight excluding hydrogens is 180 g/mol. The minimum atomic E-state index is 0.0896. The SMILES string of the molecule is [C-]#[N+]NC(N)=NCCCC(=N)CC#N. The summed E-state index contributed by atoms with van der Waals surface area (Å²) in [6, 6.07) is 1.90. The Hall–Kier alpha value is -2.08. The van der Waals surface area contributed by atoms with Gasteiger partial charge in [-0.15, -0.1) is 0 Å². The van der Waals surface area contributed by atoms with Gasteiger partial charge in [0.1, 0.15) is 0 Å². The number of hydrogen-bond donors (Lipinski definition) is 3. The molecule has 0 aliphatic carbocycles. The second-order valence-corrected chi connectivity index (χ2v) is 2.53. The molecule has 0 unspecified atom stereocenters. The fourth-order valence-electron chi connectivity index (χ4n) is 0.768. The third-order valence-electron chi connectivity index (χ3n) is 1.38. The quantitative estimate of drug-likeness (QED) is 0.193. The smallest absolute Gasteiger partial charge is 0.259 e. The van der Waals surface area contributed by atoms with Crippen molar-refractivity contribution in [1.29, 1.82) is 10.7 Å². The Morgan fingerprint density at radius 3 is 3.00 bits per heavy atom. The molecule has 0 aliphatic heterocycles. The van der Waals surface area contributed by atoms with E-state index in [0.717, 1.165) is 0 Å². The third-order valence-corrected chi connectivity index (χ3v) is 1.38. The largest absolute Gasteiger partial charge is 0.365 e. The summed E-state index contributed by atoms with van der Waals surface area (Å²) in [6.45, 7) is 6.88. The summed E-state index contributed by atoms with van der Waals surface area (Å²) in [5.74, 6) is 0.0896. The van der Waals surface area contributed by atoms with E-state index in [-0.39, 0.29) is 12.4 Å². The Bertz CT molecular complexity index is 292. The molecule has 0 bridgehead atoms. The molecule has 6 heteroatoms. The van der Waals surface area contributed by atoms with E-state index in [9.17, 15) is 0 Å². The highest BCUT2D eigenvalue weighted by Crippen LogP contribution is 1.95. The van der Waals surface area contributed by atoms with E-state index in [1.165, 1.54) is 0 Å². The van der Waals surface area contributed by atoms with E-state index in [1.54, 1.807) is 0 Å². The summed E-state index contributed by atoms with van der Waals surface area (Å²) in [4.78, 5) is 6.67. The van der Waals surface area contributed by atoms with Crippen LogP contribution in [0.2, 0.25) is 0 Å². The van der Waals surface area contributed by atoms with Gasteiger partial charge in [-0.05, 0) is 12.8 Å². The van der Waals surface area contributed by atoms with Gasteiger partial charge in [-0.25, -0.2) is 4.99 Å². The summed E-state index contributed by atoms with van der Waals surface area (Å²) in [6.07, 6.45) is 1.38. The van der Waals surface area contributed by atoms with Gasteiger partial charge >= 0.3 is 0 Å². The van der Waals surface area contributed by atoms with E-state index < -0.39 is 0 Å². The first-order chi connectivity index (χ1) is 6.70. The van der Waals surface area contributed by atoms with Gasteiger partial charge in [0.05, 0.1) is 12.5 Å². The molecule has 0 fully saturated rings. The Labute approximate surface area is 82.7 Å². The molecule has 0 aromatic carbocycles. The maximum atomic E-state index is 8.27. The van der Waals surface area contributed by atoms with Crippen LogP contribution < -0.4 is 11.2 Å². The summed E-state index contributed by atoms with van der Waals surface area (Å²) in [5, 5.41) is 15.6. The topological polar surface area (TPSA) is 102 Å². The third kappa shape index (κ3) is 6.62. The number of rotatable bonds is 5. The molecule has 0 saturated carbocycles. The van der Waals surface area contributed by atoms with Crippen LogP contribution in [0, 0.1) is 23.3 Å². The number of guanidine groups is 1. The molecule has 0 atom stereocenters. The lowest BCUT2D eigenvalue weighted by molar-refractivity contribution is 0.860. The Kier molecular flexibility index (Phi) is 6.44. The van der Waals surface area contributed by atoms with Crippen LogP contribution in [-0.2, 0) is 0 Å². The Morgan fingerprint density at radius 2 is 2.43 bits per heavy atom. The molecule has 0 aliphatic rings. The van der Waals surface area contributed by atoms with Crippen molar-refractivity contribution < 1.29 is 0 Å². The van der Waals surface area contributed by atoms with Crippen molar-refractivity contribution in [2.24, 2.45) is 10.7 Å². The molecule has 0 heterocycles. The van der Waals surface area contributed by atoms with Crippen LogP contribution in [0.1, 0.15) is 19.3 Å². The average Bonchev–Trinajstić information content (AvgIpc) is 2.13. The minimum Gasteiger partial charge on any atom is -0.365 e. The molecule has 0 amide bonds. The summed E-state index contributed by atoms with van der Waals surface area (Å²) in [7, 11) is 0. The number of nitrogens with one attached hydrogen (secondary N) is 2. The van der Waals surface area contributed by atoms with Crippen molar-refractivity contribution >= 4 is 11.7 Å². The predicted octanol–water partition coefficient (Wildman–Crippen LogP) is 0.439. The maximum absolute atomic E-state index is 8.27. The second-order valence-electron chi connectivity index (χ2n) is 2.53. The molecule has 0 aromatic rings. The van der Waals surface area contributed by atoms with Crippen LogP contribution in [0.25, 0.3) is 4.95 Å². The average molecular weight is 192 g/mol. The molecular formula is C8H12N6. The first kappa shape index (κ1) is 11.9. The molecule has 0 rings (SSSR count). The number of nitriles is 1. The molecule has 0 aromatic heterocycles. The lowest BCUT2D eigenvalue weighted by Crippen LogP contribution is -2.25. The molecule has 4 N–H and O–H groups in total. The number of aliphatic imine (C=N–C) groups is 1. The van der Waals surface area contributed by atoms with Crippen LogP contribution in [0.5, 0.6) is 0 Å². The molecule has 6 nitrogen and oxygen atoms in total. The van der Waals surface area contributed by atoms with E-state index in [1.807, 2.05) is 6.07 Å². The van der Waals surface area contributed by atoms with E-state index in [4.69, 9.17) is 23.0 Å². The van der Waals surface area contributed by atoms with Gasteiger partial charge in [0.2, 0.25) is 0 Å². The van der Waals surface area contributed by atoms with Gasteiger partial charge in [-0.1, -0.05) is 5.43 Å². The first-order valence-electron chi connectivity index (χ1n) is 4.06. The maximum Gasteiger partial charge on any atom is 0.259 e. The molecule has 0 spiro atoms.